The largest absolute Gasteiger partial charge is 0.330 e. The standard InChI is InChI=1S/C15H21N3O/c1-4-5-8-15(19)17-9-6-7-14(11-17)18-10-12(2)13(3)16-18/h10,14H,4,6-7,9,11H2,1-3H3. The highest BCUT2D eigenvalue weighted by Gasteiger charge is 2.24. The molecule has 1 amide bonds. The van der Waals surface area contributed by atoms with Gasteiger partial charge in [-0.2, -0.15) is 5.10 Å². The van der Waals surface area contributed by atoms with Gasteiger partial charge in [0.2, 0.25) is 0 Å². The Balaban J connectivity index is 2.06. The quantitative estimate of drug-likeness (QED) is 0.724. The molecule has 1 saturated heterocycles. The molecule has 4 nitrogen and oxygen atoms in total. The van der Waals surface area contributed by atoms with Crippen molar-refractivity contribution in [3.05, 3.63) is 17.5 Å². The highest BCUT2D eigenvalue weighted by Crippen LogP contribution is 2.22. The van der Waals surface area contributed by atoms with Gasteiger partial charge in [0.1, 0.15) is 0 Å². The Hall–Kier alpha value is -1.76. The van der Waals surface area contributed by atoms with Crippen LogP contribution < -0.4 is 0 Å². The Bertz CT molecular complexity index is 502. The molecular weight excluding hydrogens is 238 g/mol. The third-order valence-electron chi connectivity index (χ3n) is 3.59. The Morgan fingerprint density at radius 1 is 1.53 bits per heavy atom. The van der Waals surface area contributed by atoms with Crippen LogP contribution in [0.25, 0.3) is 0 Å². The summed E-state index contributed by atoms with van der Waals surface area (Å²) in [7, 11) is 0. The Labute approximate surface area is 114 Å². The van der Waals surface area contributed by atoms with Gasteiger partial charge in [-0.3, -0.25) is 9.48 Å². The maximum absolute atomic E-state index is 11.9. The summed E-state index contributed by atoms with van der Waals surface area (Å²) in [5.74, 6) is 5.50. The number of hydrogen-bond acceptors (Lipinski definition) is 2. The Kier molecular flexibility index (Phi) is 4.26. The molecule has 0 bridgehead atoms. The molecule has 0 aromatic carbocycles. The molecule has 0 spiro atoms. The summed E-state index contributed by atoms with van der Waals surface area (Å²) in [6.07, 6.45) is 4.89. The van der Waals surface area contributed by atoms with Crippen LogP contribution in [0, 0.1) is 25.7 Å². The van der Waals surface area contributed by atoms with Crippen molar-refractivity contribution in [1.82, 2.24) is 14.7 Å². The predicted octanol–water partition coefficient (Wildman–Crippen LogP) is 2.08. The monoisotopic (exact) mass is 259 g/mol. The Morgan fingerprint density at radius 3 is 2.95 bits per heavy atom. The molecule has 4 heteroatoms. The zero-order valence-electron chi connectivity index (χ0n) is 11.9. The fraction of sp³-hybridized carbons (Fsp3) is 0.600. The molecule has 1 fully saturated rings. The van der Waals surface area contributed by atoms with E-state index in [-0.39, 0.29) is 11.9 Å². The van der Waals surface area contributed by atoms with Gasteiger partial charge in [-0.05, 0) is 38.2 Å². The molecule has 1 aliphatic heterocycles. The van der Waals surface area contributed by atoms with Gasteiger partial charge in [-0.15, -0.1) is 0 Å². The maximum Gasteiger partial charge on any atom is 0.298 e. The first-order valence-corrected chi connectivity index (χ1v) is 6.92. The first-order chi connectivity index (χ1) is 9.11. The number of rotatable bonds is 1. The number of likely N-dealkylation sites (tertiary alicyclic amines) is 1. The number of amides is 1. The van der Waals surface area contributed by atoms with E-state index in [2.05, 4.69) is 30.1 Å². The summed E-state index contributed by atoms with van der Waals surface area (Å²) >= 11 is 0. The summed E-state index contributed by atoms with van der Waals surface area (Å²) in [6.45, 7) is 7.57. The molecule has 19 heavy (non-hydrogen) atoms. The van der Waals surface area contributed by atoms with Crippen LogP contribution in [-0.4, -0.2) is 33.7 Å². The van der Waals surface area contributed by atoms with Crippen molar-refractivity contribution in [2.24, 2.45) is 0 Å². The molecule has 0 saturated carbocycles. The highest BCUT2D eigenvalue weighted by molar-refractivity contribution is 5.93. The number of carbonyl (C=O) groups is 1. The SMILES string of the molecule is CCC#CC(=O)N1CCCC(n2cc(C)c(C)n2)C1. The fourth-order valence-corrected chi connectivity index (χ4v) is 2.36. The lowest BCUT2D eigenvalue weighted by Crippen LogP contribution is -2.40. The van der Waals surface area contributed by atoms with Crippen LogP contribution in [0.4, 0.5) is 0 Å². The van der Waals surface area contributed by atoms with Crippen LogP contribution in [0.5, 0.6) is 0 Å². The van der Waals surface area contributed by atoms with Gasteiger partial charge < -0.3 is 4.90 Å². The van der Waals surface area contributed by atoms with Crippen LogP contribution in [0.1, 0.15) is 43.5 Å². The van der Waals surface area contributed by atoms with Crippen molar-refractivity contribution in [2.45, 2.75) is 46.1 Å². The number of carbonyl (C=O) groups excluding carboxylic acids is 1. The minimum absolute atomic E-state index is 0.0489. The zero-order chi connectivity index (χ0) is 13.8. The minimum Gasteiger partial charge on any atom is -0.330 e. The van der Waals surface area contributed by atoms with Crippen molar-refractivity contribution in [3.8, 4) is 11.8 Å². The van der Waals surface area contributed by atoms with E-state index in [9.17, 15) is 4.79 Å². The van der Waals surface area contributed by atoms with Crippen molar-refractivity contribution in [3.63, 3.8) is 0 Å². The van der Waals surface area contributed by atoms with E-state index in [0.717, 1.165) is 38.0 Å². The molecule has 102 valence electrons. The lowest BCUT2D eigenvalue weighted by Gasteiger charge is -2.31. The molecule has 1 aromatic rings. The van der Waals surface area contributed by atoms with Crippen molar-refractivity contribution < 1.29 is 4.79 Å². The smallest absolute Gasteiger partial charge is 0.298 e. The molecule has 0 N–H and O–H groups in total. The molecule has 2 heterocycles. The van der Waals surface area contributed by atoms with Gasteiger partial charge in [0.15, 0.2) is 0 Å². The van der Waals surface area contributed by atoms with Crippen LogP contribution >= 0.6 is 0 Å². The number of aromatic nitrogens is 2. The third-order valence-corrected chi connectivity index (χ3v) is 3.59. The lowest BCUT2D eigenvalue weighted by atomic mass is 10.1. The van der Waals surface area contributed by atoms with Gasteiger partial charge in [0.05, 0.1) is 11.7 Å². The van der Waals surface area contributed by atoms with Crippen molar-refractivity contribution in [1.29, 1.82) is 0 Å². The molecule has 1 aromatic heterocycles. The van der Waals surface area contributed by atoms with Gasteiger partial charge in [-0.1, -0.05) is 12.8 Å². The van der Waals surface area contributed by atoms with E-state index in [1.54, 1.807) is 0 Å². The highest BCUT2D eigenvalue weighted by atomic mass is 16.2. The van der Waals surface area contributed by atoms with Crippen LogP contribution in [0.3, 0.4) is 0 Å². The maximum atomic E-state index is 11.9. The molecular formula is C15H21N3O. The van der Waals surface area contributed by atoms with Crippen LogP contribution in [-0.2, 0) is 4.79 Å². The number of aryl methyl sites for hydroxylation is 2. The average Bonchev–Trinajstić information content (AvgIpc) is 2.76. The number of hydrogen-bond donors (Lipinski definition) is 0. The average molecular weight is 259 g/mol. The molecule has 0 aliphatic carbocycles. The number of piperidine rings is 1. The van der Waals surface area contributed by atoms with Crippen molar-refractivity contribution >= 4 is 5.91 Å². The molecule has 2 rings (SSSR count). The van der Waals surface area contributed by atoms with Crippen LogP contribution in [0.15, 0.2) is 6.20 Å². The summed E-state index contributed by atoms with van der Waals surface area (Å²) < 4.78 is 2.01. The van der Waals surface area contributed by atoms with Crippen LogP contribution in [0.2, 0.25) is 0 Å². The fourth-order valence-electron chi connectivity index (χ4n) is 2.36. The summed E-state index contributed by atoms with van der Waals surface area (Å²) in [5.41, 5.74) is 2.27. The molecule has 1 unspecified atom stereocenters. The lowest BCUT2D eigenvalue weighted by molar-refractivity contribution is -0.126. The second-order valence-electron chi connectivity index (χ2n) is 5.08. The first-order valence-electron chi connectivity index (χ1n) is 6.92. The van der Waals surface area contributed by atoms with E-state index >= 15 is 0 Å². The third kappa shape index (κ3) is 3.17. The molecule has 1 aliphatic rings. The van der Waals surface area contributed by atoms with E-state index in [0.29, 0.717) is 0 Å². The van der Waals surface area contributed by atoms with Crippen molar-refractivity contribution in [2.75, 3.05) is 13.1 Å². The van der Waals surface area contributed by atoms with Gasteiger partial charge in [-0.25, -0.2) is 0 Å². The normalized spacial score (nSPS) is 18.9. The zero-order valence-corrected chi connectivity index (χ0v) is 11.9. The summed E-state index contributed by atoms with van der Waals surface area (Å²) in [4.78, 5) is 13.8. The summed E-state index contributed by atoms with van der Waals surface area (Å²) in [5, 5.41) is 4.53. The van der Waals surface area contributed by atoms with Gasteiger partial charge in [0.25, 0.3) is 5.91 Å². The topological polar surface area (TPSA) is 38.1 Å². The van der Waals surface area contributed by atoms with Gasteiger partial charge in [0, 0.05) is 25.7 Å². The molecule has 0 radical (unpaired) electrons. The second-order valence-corrected chi connectivity index (χ2v) is 5.08. The van der Waals surface area contributed by atoms with E-state index < -0.39 is 0 Å². The number of nitrogens with zero attached hydrogens (tertiary/aromatic N) is 3. The van der Waals surface area contributed by atoms with E-state index in [1.807, 2.05) is 23.4 Å². The van der Waals surface area contributed by atoms with E-state index in [4.69, 9.17) is 0 Å². The van der Waals surface area contributed by atoms with Gasteiger partial charge >= 0.3 is 0 Å². The minimum atomic E-state index is -0.0489. The molecule has 1 atom stereocenters. The second kappa shape index (κ2) is 5.92. The van der Waals surface area contributed by atoms with E-state index in [1.165, 1.54) is 5.56 Å². The predicted molar refractivity (Wildman–Crippen MR) is 74.6 cm³/mol. The Morgan fingerprint density at radius 2 is 2.32 bits per heavy atom. The first kappa shape index (κ1) is 13.7. The summed E-state index contributed by atoms with van der Waals surface area (Å²) in [6, 6.07) is 0.286.